The topological polar surface area (TPSA) is 50.4 Å². The zero-order chi connectivity index (χ0) is 14.5. The lowest BCUT2D eigenvalue weighted by atomic mass is 10.1. The molecule has 0 aromatic heterocycles. The summed E-state index contributed by atoms with van der Waals surface area (Å²) in [6, 6.07) is 6.10. The van der Waals surface area contributed by atoms with E-state index >= 15 is 0 Å². The molecule has 21 heavy (non-hydrogen) atoms. The molecule has 1 aliphatic rings. The molecule has 0 spiro atoms. The SMILES string of the molecule is Cc1cc(NC(=O)CC2CCCN2)ccc1OC(C)C.Cl. The van der Waals surface area contributed by atoms with Gasteiger partial charge < -0.3 is 15.4 Å². The number of hydrogen-bond donors (Lipinski definition) is 2. The van der Waals surface area contributed by atoms with Crippen LogP contribution in [0.5, 0.6) is 5.75 Å². The molecule has 1 fully saturated rings. The Kier molecular flexibility index (Phi) is 6.99. The zero-order valence-electron chi connectivity index (χ0n) is 12.9. The second-order valence-corrected chi connectivity index (χ2v) is 5.69. The number of aryl methyl sites for hydroxylation is 1. The first-order valence-corrected chi connectivity index (χ1v) is 7.35. The molecule has 1 atom stereocenters. The van der Waals surface area contributed by atoms with Crippen molar-refractivity contribution in [3.05, 3.63) is 23.8 Å². The van der Waals surface area contributed by atoms with Crippen molar-refractivity contribution in [1.29, 1.82) is 0 Å². The van der Waals surface area contributed by atoms with Gasteiger partial charge in [0.15, 0.2) is 0 Å². The van der Waals surface area contributed by atoms with Crippen molar-refractivity contribution >= 4 is 24.0 Å². The molecule has 0 bridgehead atoms. The number of nitrogens with one attached hydrogen (secondary N) is 2. The van der Waals surface area contributed by atoms with Gasteiger partial charge in [0, 0.05) is 18.2 Å². The lowest BCUT2D eigenvalue weighted by Crippen LogP contribution is -2.27. The van der Waals surface area contributed by atoms with Crippen molar-refractivity contribution in [2.24, 2.45) is 0 Å². The van der Waals surface area contributed by atoms with E-state index in [0.29, 0.717) is 12.5 Å². The number of anilines is 1. The third-order valence-electron chi connectivity index (χ3n) is 3.42. The molecule has 118 valence electrons. The molecule has 1 amide bonds. The van der Waals surface area contributed by atoms with Gasteiger partial charge in [0.1, 0.15) is 5.75 Å². The molecule has 1 saturated heterocycles. The van der Waals surface area contributed by atoms with Gasteiger partial charge in [0.25, 0.3) is 0 Å². The summed E-state index contributed by atoms with van der Waals surface area (Å²) in [4.78, 5) is 12.0. The largest absolute Gasteiger partial charge is 0.491 e. The highest BCUT2D eigenvalue weighted by atomic mass is 35.5. The minimum atomic E-state index is 0. The predicted molar refractivity (Wildman–Crippen MR) is 88.5 cm³/mol. The standard InChI is InChI=1S/C16H24N2O2.ClH/c1-11(2)20-15-7-6-14(9-12(15)3)18-16(19)10-13-5-4-8-17-13;/h6-7,9,11,13,17H,4-5,8,10H2,1-3H3,(H,18,19);1H. The second kappa shape index (κ2) is 8.25. The van der Waals surface area contributed by atoms with Crippen molar-refractivity contribution in [2.45, 2.75) is 52.2 Å². The van der Waals surface area contributed by atoms with Crippen LogP contribution in [0.25, 0.3) is 0 Å². The maximum absolute atomic E-state index is 12.0. The highest BCUT2D eigenvalue weighted by Gasteiger charge is 2.17. The summed E-state index contributed by atoms with van der Waals surface area (Å²) in [7, 11) is 0. The molecule has 0 radical (unpaired) electrons. The summed E-state index contributed by atoms with van der Waals surface area (Å²) < 4.78 is 5.69. The number of amides is 1. The van der Waals surface area contributed by atoms with Gasteiger partial charge in [0.05, 0.1) is 6.10 Å². The Bertz CT molecular complexity index is 471. The monoisotopic (exact) mass is 312 g/mol. The molecular formula is C16H25ClN2O2. The van der Waals surface area contributed by atoms with Gasteiger partial charge in [-0.25, -0.2) is 0 Å². The molecule has 1 aromatic carbocycles. The third-order valence-corrected chi connectivity index (χ3v) is 3.42. The van der Waals surface area contributed by atoms with Crippen LogP contribution in [-0.4, -0.2) is 24.6 Å². The van der Waals surface area contributed by atoms with Gasteiger partial charge in [0.2, 0.25) is 5.91 Å². The molecule has 5 heteroatoms. The van der Waals surface area contributed by atoms with Crippen LogP contribution in [0.4, 0.5) is 5.69 Å². The minimum absolute atomic E-state index is 0. The van der Waals surface area contributed by atoms with E-state index in [1.165, 1.54) is 0 Å². The lowest BCUT2D eigenvalue weighted by molar-refractivity contribution is -0.116. The number of ether oxygens (including phenoxy) is 1. The number of carbonyl (C=O) groups excluding carboxylic acids is 1. The summed E-state index contributed by atoms with van der Waals surface area (Å²) in [5.41, 5.74) is 1.87. The average Bonchev–Trinajstić information content (AvgIpc) is 2.85. The Balaban J connectivity index is 0.00000220. The van der Waals surface area contributed by atoms with Crippen LogP contribution >= 0.6 is 12.4 Å². The van der Waals surface area contributed by atoms with Crippen molar-refractivity contribution in [3.63, 3.8) is 0 Å². The number of rotatable bonds is 5. The van der Waals surface area contributed by atoms with Crippen LogP contribution in [0.1, 0.15) is 38.7 Å². The Morgan fingerprint density at radius 2 is 2.24 bits per heavy atom. The van der Waals surface area contributed by atoms with E-state index in [9.17, 15) is 4.79 Å². The second-order valence-electron chi connectivity index (χ2n) is 5.69. The number of carbonyl (C=O) groups is 1. The minimum Gasteiger partial charge on any atom is -0.491 e. The zero-order valence-corrected chi connectivity index (χ0v) is 13.8. The van der Waals surface area contributed by atoms with Gasteiger partial charge in [-0.05, 0) is 63.9 Å². The first-order chi connectivity index (χ1) is 9.54. The van der Waals surface area contributed by atoms with Gasteiger partial charge in [-0.15, -0.1) is 12.4 Å². The highest BCUT2D eigenvalue weighted by molar-refractivity contribution is 5.91. The molecule has 1 aromatic rings. The van der Waals surface area contributed by atoms with Gasteiger partial charge in [-0.1, -0.05) is 0 Å². The maximum atomic E-state index is 12.0. The van der Waals surface area contributed by atoms with E-state index in [1.807, 2.05) is 39.0 Å². The molecule has 2 rings (SSSR count). The molecule has 1 unspecified atom stereocenters. The van der Waals surface area contributed by atoms with E-state index in [0.717, 1.165) is 36.4 Å². The molecule has 1 aliphatic heterocycles. The van der Waals surface area contributed by atoms with Crippen LogP contribution < -0.4 is 15.4 Å². The van der Waals surface area contributed by atoms with E-state index in [4.69, 9.17) is 4.74 Å². The fourth-order valence-electron chi connectivity index (χ4n) is 2.48. The molecular weight excluding hydrogens is 288 g/mol. The molecule has 4 nitrogen and oxygen atoms in total. The Morgan fingerprint density at radius 3 is 2.81 bits per heavy atom. The van der Waals surface area contributed by atoms with E-state index in [-0.39, 0.29) is 24.4 Å². The molecule has 0 aliphatic carbocycles. The lowest BCUT2D eigenvalue weighted by Gasteiger charge is -2.14. The smallest absolute Gasteiger partial charge is 0.225 e. The number of hydrogen-bond acceptors (Lipinski definition) is 3. The van der Waals surface area contributed by atoms with E-state index in [1.54, 1.807) is 0 Å². The Labute approximate surface area is 133 Å². The van der Waals surface area contributed by atoms with Crippen molar-refractivity contribution in [3.8, 4) is 5.75 Å². The third kappa shape index (κ3) is 5.56. The summed E-state index contributed by atoms with van der Waals surface area (Å²) in [6.45, 7) is 7.03. The number of benzene rings is 1. The molecule has 1 heterocycles. The summed E-state index contributed by atoms with van der Waals surface area (Å²) >= 11 is 0. The quantitative estimate of drug-likeness (QED) is 0.877. The average molecular weight is 313 g/mol. The van der Waals surface area contributed by atoms with E-state index in [2.05, 4.69) is 10.6 Å². The van der Waals surface area contributed by atoms with Crippen LogP contribution in [0, 0.1) is 6.92 Å². The van der Waals surface area contributed by atoms with Crippen LogP contribution in [-0.2, 0) is 4.79 Å². The fraction of sp³-hybridized carbons (Fsp3) is 0.562. The Hall–Kier alpha value is -1.26. The molecule has 2 N–H and O–H groups in total. The first-order valence-electron chi connectivity index (χ1n) is 7.35. The highest BCUT2D eigenvalue weighted by Crippen LogP contribution is 2.23. The summed E-state index contributed by atoms with van der Waals surface area (Å²) in [5.74, 6) is 0.941. The van der Waals surface area contributed by atoms with Crippen LogP contribution in [0.15, 0.2) is 18.2 Å². The Morgan fingerprint density at radius 1 is 1.48 bits per heavy atom. The first kappa shape index (κ1) is 17.8. The van der Waals surface area contributed by atoms with Gasteiger partial charge >= 0.3 is 0 Å². The molecule has 0 saturated carbocycles. The summed E-state index contributed by atoms with van der Waals surface area (Å²) in [5, 5.41) is 6.29. The summed E-state index contributed by atoms with van der Waals surface area (Å²) in [6.07, 6.45) is 2.96. The fourth-order valence-corrected chi connectivity index (χ4v) is 2.48. The normalized spacial score (nSPS) is 17.4. The predicted octanol–water partition coefficient (Wildman–Crippen LogP) is 3.28. The van der Waals surface area contributed by atoms with E-state index < -0.39 is 0 Å². The van der Waals surface area contributed by atoms with Crippen molar-refractivity contribution in [2.75, 3.05) is 11.9 Å². The van der Waals surface area contributed by atoms with Gasteiger partial charge in [-0.3, -0.25) is 4.79 Å². The van der Waals surface area contributed by atoms with Crippen molar-refractivity contribution in [1.82, 2.24) is 5.32 Å². The maximum Gasteiger partial charge on any atom is 0.225 e. The van der Waals surface area contributed by atoms with Crippen molar-refractivity contribution < 1.29 is 9.53 Å². The van der Waals surface area contributed by atoms with Crippen LogP contribution in [0.2, 0.25) is 0 Å². The number of halogens is 1. The van der Waals surface area contributed by atoms with Gasteiger partial charge in [-0.2, -0.15) is 0 Å². The van der Waals surface area contributed by atoms with Crippen LogP contribution in [0.3, 0.4) is 0 Å².